The van der Waals surface area contributed by atoms with Gasteiger partial charge in [0.25, 0.3) is 0 Å². The van der Waals surface area contributed by atoms with Crippen LogP contribution in [-0.2, 0) is 0 Å². The Bertz CT molecular complexity index is 802. The van der Waals surface area contributed by atoms with Gasteiger partial charge in [-0.25, -0.2) is 0 Å². The van der Waals surface area contributed by atoms with Crippen molar-refractivity contribution in [2.24, 2.45) is 0 Å². The molecule has 0 nitrogen and oxygen atoms in total. The van der Waals surface area contributed by atoms with E-state index >= 15 is 0 Å². The molecule has 3 aromatic carbocycles. The molecule has 0 aliphatic carbocycles. The van der Waals surface area contributed by atoms with Crippen LogP contribution in [0.1, 0.15) is 71.1 Å². The molecule has 3 aromatic rings. The Morgan fingerprint density at radius 2 is 0.879 bits per heavy atom. The van der Waals surface area contributed by atoms with E-state index in [2.05, 4.69) is 110 Å². The molecule has 0 N–H and O–H groups in total. The van der Waals surface area contributed by atoms with E-state index in [0.717, 1.165) is 0 Å². The fourth-order valence-corrected chi connectivity index (χ4v) is 9.18. The summed E-state index contributed by atoms with van der Waals surface area (Å²) < 4.78 is 0. The van der Waals surface area contributed by atoms with Crippen molar-refractivity contribution >= 4 is 23.2 Å². The zero-order chi connectivity index (χ0) is 23.0. The summed E-state index contributed by atoms with van der Waals surface area (Å²) in [6.07, 6.45) is 19.3. The fourth-order valence-electron chi connectivity index (χ4n) is 4.77. The van der Waals surface area contributed by atoms with Gasteiger partial charge in [0.1, 0.15) is 23.2 Å². The van der Waals surface area contributed by atoms with E-state index in [9.17, 15) is 0 Å². The Labute approximate surface area is 203 Å². The summed E-state index contributed by atoms with van der Waals surface area (Å²) in [6.45, 7) is 2.28. The molecule has 0 heterocycles. The number of hydrogen-bond donors (Lipinski definition) is 0. The van der Waals surface area contributed by atoms with Gasteiger partial charge in [0.2, 0.25) is 0 Å². The predicted octanol–water partition coefficient (Wildman–Crippen LogP) is 8.46. The average Bonchev–Trinajstić information content (AvgIpc) is 2.89. The van der Waals surface area contributed by atoms with E-state index in [1.54, 1.807) is 0 Å². The van der Waals surface area contributed by atoms with Gasteiger partial charge < -0.3 is 0 Å². The Morgan fingerprint density at radius 3 is 1.30 bits per heavy atom. The molecule has 33 heavy (non-hydrogen) atoms. The zero-order valence-corrected chi connectivity index (χ0v) is 21.4. The normalized spacial score (nSPS) is 11.8. The second kappa shape index (κ2) is 14.9. The molecule has 0 fully saturated rings. The molecule has 0 saturated carbocycles. The second-order valence-electron chi connectivity index (χ2n) is 9.06. The van der Waals surface area contributed by atoms with E-state index < -0.39 is 7.26 Å². The van der Waals surface area contributed by atoms with Crippen LogP contribution < -0.4 is 15.9 Å². The Balaban J connectivity index is 1.63. The van der Waals surface area contributed by atoms with Crippen LogP contribution in [0.4, 0.5) is 0 Å². The summed E-state index contributed by atoms with van der Waals surface area (Å²) >= 11 is 0. The van der Waals surface area contributed by atoms with Crippen molar-refractivity contribution in [3.8, 4) is 0 Å². The average molecular weight is 458 g/mol. The first-order valence-corrected chi connectivity index (χ1v) is 15.1. The molecule has 0 radical (unpaired) electrons. The van der Waals surface area contributed by atoms with Gasteiger partial charge in [-0.3, -0.25) is 0 Å². The van der Waals surface area contributed by atoms with Crippen molar-refractivity contribution in [1.82, 2.24) is 0 Å². The highest BCUT2D eigenvalue weighted by molar-refractivity contribution is 7.95. The summed E-state index contributed by atoms with van der Waals surface area (Å²) in [7, 11) is -1.65. The summed E-state index contributed by atoms with van der Waals surface area (Å²) in [4.78, 5) is 0. The first-order valence-electron chi connectivity index (χ1n) is 13.1. The molecule has 0 aromatic heterocycles. The van der Waals surface area contributed by atoms with E-state index in [-0.39, 0.29) is 0 Å². The smallest absolute Gasteiger partial charge is 0.0885 e. The third-order valence-corrected chi connectivity index (χ3v) is 11.1. The van der Waals surface area contributed by atoms with Gasteiger partial charge in [-0.15, -0.1) is 0 Å². The molecule has 0 amide bonds. The first-order chi connectivity index (χ1) is 16.4. The lowest BCUT2D eigenvalue weighted by molar-refractivity contribution is 0.666. The number of rotatable bonds is 15. The summed E-state index contributed by atoms with van der Waals surface area (Å²) in [5.74, 6) is 0. The van der Waals surface area contributed by atoms with Crippen LogP contribution >= 0.6 is 7.26 Å². The highest BCUT2D eigenvalue weighted by atomic mass is 31.2. The maximum atomic E-state index is 2.42. The third kappa shape index (κ3) is 7.68. The topological polar surface area (TPSA) is 0 Å². The van der Waals surface area contributed by atoms with Gasteiger partial charge >= 0.3 is 0 Å². The molecule has 0 aliphatic heterocycles. The second-order valence-corrected chi connectivity index (χ2v) is 12.7. The van der Waals surface area contributed by atoms with E-state index in [4.69, 9.17) is 0 Å². The highest BCUT2D eigenvalue weighted by Crippen LogP contribution is 2.55. The van der Waals surface area contributed by atoms with Crippen LogP contribution in [-0.4, -0.2) is 6.16 Å². The van der Waals surface area contributed by atoms with E-state index in [1.807, 2.05) is 0 Å². The Kier molecular flexibility index (Phi) is 11.5. The molecular formula is C32H42P+. The predicted molar refractivity (Wildman–Crippen MR) is 151 cm³/mol. The first kappa shape index (κ1) is 25.5. The van der Waals surface area contributed by atoms with Crippen LogP contribution in [0.5, 0.6) is 0 Å². The molecule has 0 aliphatic rings. The maximum Gasteiger partial charge on any atom is 0.112 e. The van der Waals surface area contributed by atoms with Gasteiger partial charge in [-0.1, -0.05) is 99.4 Å². The fraction of sp³-hybridized carbons (Fsp3) is 0.375. The van der Waals surface area contributed by atoms with Gasteiger partial charge in [0.15, 0.2) is 0 Å². The minimum Gasteiger partial charge on any atom is -0.0885 e. The number of hydrogen-bond acceptors (Lipinski definition) is 0. The molecule has 0 spiro atoms. The number of allylic oxidation sites excluding steroid dienone is 2. The molecule has 0 atom stereocenters. The molecule has 1 heteroatoms. The lowest BCUT2D eigenvalue weighted by Gasteiger charge is -2.27. The lowest BCUT2D eigenvalue weighted by Crippen LogP contribution is -2.33. The van der Waals surface area contributed by atoms with Crippen molar-refractivity contribution in [1.29, 1.82) is 0 Å². The van der Waals surface area contributed by atoms with Gasteiger partial charge in [0, 0.05) is 0 Å². The van der Waals surface area contributed by atoms with E-state index in [1.165, 1.54) is 86.3 Å². The summed E-state index contributed by atoms with van der Waals surface area (Å²) in [5.41, 5.74) is 0. The van der Waals surface area contributed by atoms with Crippen molar-refractivity contribution in [3.63, 3.8) is 0 Å². The molecule has 3 rings (SSSR count). The largest absolute Gasteiger partial charge is 0.112 e. The van der Waals surface area contributed by atoms with Gasteiger partial charge in [-0.2, -0.15) is 0 Å². The quantitative estimate of drug-likeness (QED) is 0.122. The molecule has 0 saturated heterocycles. The van der Waals surface area contributed by atoms with Crippen molar-refractivity contribution < 1.29 is 0 Å². The molecule has 174 valence electrons. The van der Waals surface area contributed by atoms with Crippen LogP contribution in [0.15, 0.2) is 103 Å². The highest BCUT2D eigenvalue weighted by Gasteiger charge is 2.44. The maximum absolute atomic E-state index is 2.42. The Morgan fingerprint density at radius 1 is 0.485 bits per heavy atom. The SMILES string of the molecule is CCCCCC/C=C\CCCCCC[P+](c1ccccc1)(c1ccccc1)c1ccccc1. The molecular weight excluding hydrogens is 415 g/mol. The molecule has 0 unspecified atom stereocenters. The standard InChI is InChI=1S/C32H42P/c1-2-3-4-5-6-7-8-9-10-11-12-22-29-33(30-23-16-13-17-24-30,31-25-18-14-19-26-31)32-27-20-15-21-28-32/h7-8,13-21,23-28H,2-6,9-12,22,29H2,1H3/q+1/b8-7-. The number of benzene rings is 3. The van der Waals surface area contributed by atoms with Crippen LogP contribution in [0.25, 0.3) is 0 Å². The zero-order valence-electron chi connectivity index (χ0n) is 20.5. The molecule has 0 bridgehead atoms. The van der Waals surface area contributed by atoms with Crippen molar-refractivity contribution in [2.75, 3.05) is 6.16 Å². The van der Waals surface area contributed by atoms with Crippen LogP contribution in [0.2, 0.25) is 0 Å². The van der Waals surface area contributed by atoms with Crippen molar-refractivity contribution in [2.45, 2.75) is 71.1 Å². The summed E-state index contributed by atoms with van der Waals surface area (Å²) in [6, 6.07) is 33.9. The minimum absolute atomic E-state index is 1.24. The Hall–Kier alpha value is -2.17. The lowest BCUT2D eigenvalue weighted by atomic mass is 10.1. The van der Waals surface area contributed by atoms with Crippen molar-refractivity contribution in [3.05, 3.63) is 103 Å². The monoisotopic (exact) mass is 457 g/mol. The minimum atomic E-state index is -1.65. The van der Waals surface area contributed by atoms with Crippen LogP contribution in [0.3, 0.4) is 0 Å². The van der Waals surface area contributed by atoms with E-state index in [0.29, 0.717) is 0 Å². The van der Waals surface area contributed by atoms with Gasteiger partial charge in [-0.05, 0) is 74.9 Å². The number of unbranched alkanes of at least 4 members (excludes halogenated alkanes) is 8. The van der Waals surface area contributed by atoms with Crippen LogP contribution in [0, 0.1) is 0 Å². The van der Waals surface area contributed by atoms with Gasteiger partial charge in [0.05, 0.1) is 6.16 Å². The summed E-state index contributed by atoms with van der Waals surface area (Å²) in [5, 5.41) is 4.52. The third-order valence-electron chi connectivity index (χ3n) is 6.60.